The first-order valence-corrected chi connectivity index (χ1v) is 7.80. The van der Waals surface area contributed by atoms with E-state index >= 15 is 0 Å². The van der Waals surface area contributed by atoms with Gasteiger partial charge < -0.3 is 10.5 Å². The van der Waals surface area contributed by atoms with Crippen LogP contribution in [0.15, 0.2) is 76.3 Å². The molecule has 4 nitrogen and oxygen atoms in total. The summed E-state index contributed by atoms with van der Waals surface area (Å²) in [5.74, 6) is -0.810. The molecule has 2 aliphatic heterocycles. The Bertz CT molecular complexity index is 990. The summed E-state index contributed by atoms with van der Waals surface area (Å²) in [6.45, 7) is 0. The van der Waals surface area contributed by atoms with Gasteiger partial charge >= 0.3 is 6.18 Å². The number of hydrogen-bond donors (Lipinski definition) is 1. The van der Waals surface area contributed by atoms with Crippen molar-refractivity contribution in [3.63, 3.8) is 0 Å². The van der Waals surface area contributed by atoms with Crippen LogP contribution in [0.4, 0.5) is 13.2 Å². The highest BCUT2D eigenvalue weighted by Crippen LogP contribution is 2.44. The molecule has 2 N–H and O–H groups in total. The molecule has 130 valence electrons. The average Bonchev–Trinajstić information content (AvgIpc) is 3.09. The third kappa shape index (κ3) is 2.42. The number of nitrogens with two attached hydrogens (primary N) is 1. The minimum atomic E-state index is -4.48. The van der Waals surface area contributed by atoms with Crippen molar-refractivity contribution in [1.82, 2.24) is 0 Å². The number of allylic oxidation sites excluding steroid dienone is 4. The number of fused-ring (bicyclic) bond motifs is 3. The van der Waals surface area contributed by atoms with Gasteiger partial charge in [-0.15, -0.1) is 0 Å². The largest absolute Gasteiger partial charge is 0.464 e. The van der Waals surface area contributed by atoms with E-state index in [-0.39, 0.29) is 11.5 Å². The molecule has 7 heteroatoms. The van der Waals surface area contributed by atoms with E-state index in [9.17, 15) is 18.4 Å². The minimum Gasteiger partial charge on any atom is -0.464 e. The quantitative estimate of drug-likeness (QED) is 0.835. The molecule has 1 aromatic rings. The van der Waals surface area contributed by atoms with Gasteiger partial charge in [0.15, 0.2) is 12.0 Å². The normalized spacial score (nSPS) is 24.0. The Morgan fingerprint density at radius 2 is 2.04 bits per heavy atom. The molecule has 1 aliphatic carbocycles. The Morgan fingerprint density at radius 1 is 1.23 bits per heavy atom. The van der Waals surface area contributed by atoms with Crippen molar-refractivity contribution >= 4 is 5.71 Å². The van der Waals surface area contributed by atoms with Gasteiger partial charge in [0.2, 0.25) is 0 Å². The summed E-state index contributed by atoms with van der Waals surface area (Å²) < 4.78 is 45.1. The van der Waals surface area contributed by atoms with Crippen LogP contribution in [-0.4, -0.2) is 11.8 Å². The van der Waals surface area contributed by atoms with Crippen molar-refractivity contribution in [1.29, 1.82) is 5.26 Å². The summed E-state index contributed by atoms with van der Waals surface area (Å²) >= 11 is 0. The highest BCUT2D eigenvalue weighted by Gasteiger charge is 2.41. The van der Waals surface area contributed by atoms with Crippen molar-refractivity contribution in [3.8, 4) is 6.07 Å². The zero-order chi connectivity index (χ0) is 18.5. The Kier molecular flexibility index (Phi) is 3.51. The van der Waals surface area contributed by atoms with Gasteiger partial charge in [-0.2, -0.15) is 18.4 Å². The number of ether oxygens (including phenoxy) is 1. The second-order valence-corrected chi connectivity index (χ2v) is 6.06. The third-order valence-electron chi connectivity index (χ3n) is 4.57. The van der Waals surface area contributed by atoms with Gasteiger partial charge in [0.05, 0.1) is 11.3 Å². The van der Waals surface area contributed by atoms with Crippen LogP contribution in [0.3, 0.4) is 0 Å². The number of rotatable bonds is 1. The first kappa shape index (κ1) is 16.2. The summed E-state index contributed by atoms with van der Waals surface area (Å²) in [6.07, 6.45) is 1.92. The van der Waals surface area contributed by atoms with Crippen LogP contribution in [0.2, 0.25) is 0 Å². The molecule has 0 bridgehead atoms. The van der Waals surface area contributed by atoms with E-state index in [1.807, 2.05) is 18.2 Å². The van der Waals surface area contributed by atoms with Crippen molar-refractivity contribution in [2.75, 3.05) is 0 Å². The highest BCUT2D eigenvalue weighted by atomic mass is 19.4. The van der Waals surface area contributed by atoms with Crippen LogP contribution in [0.25, 0.3) is 0 Å². The number of aliphatic imine (C=N–C) groups is 1. The molecular formula is C19H12F3N3O. The molecule has 0 aromatic heterocycles. The van der Waals surface area contributed by atoms with Crippen LogP contribution >= 0.6 is 0 Å². The summed E-state index contributed by atoms with van der Waals surface area (Å²) in [6, 6.07) is 6.91. The van der Waals surface area contributed by atoms with Gasteiger partial charge in [-0.05, 0) is 23.3 Å². The Hall–Kier alpha value is -3.27. The van der Waals surface area contributed by atoms with Crippen LogP contribution in [-0.2, 0) is 10.9 Å². The lowest BCUT2D eigenvalue weighted by atomic mass is 9.76. The van der Waals surface area contributed by atoms with Gasteiger partial charge in [-0.1, -0.05) is 30.4 Å². The van der Waals surface area contributed by atoms with Crippen LogP contribution in [0.1, 0.15) is 17.0 Å². The lowest BCUT2D eigenvalue weighted by molar-refractivity contribution is -0.137. The fraction of sp³-hybridized carbons (Fsp3) is 0.158. The smallest absolute Gasteiger partial charge is 0.416 e. The summed E-state index contributed by atoms with van der Waals surface area (Å²) in [7, 11) is 0. The zero-order valence-electron chi connectivity index (χ0n) is 13.3. The van der Waals surface area contributed by atoms with Gasteiger partial charge in [0.25, 0.3) is 0 Å². The predicted molar refractivity (Wildman–Crippen MR) is 88.6 cm³/mol. The number of benzene rings is 1. The van der Waals surface area contributed by atoms with E-state index in [1.165, 1.54) is 6.07 Å². The van der Waals surface area contributed by atoms with Crippen molar-refractivity contribution < 1.29 is 17.9 Å². The van der Waals surface area contributed by atoms with E-state index in [1.54, 1.807) is 18.3 Å². The monoisotopic (exact) mass is 355 g/mol. The van der Waals surface area contributed by atoms with E-state index in [0.29, 0.717) is 16.8 Å². The van der Waals surface area contributed by atoms with E-state index in [4.69, 9.17) is 10.5 Å². The van der Waals surface area contributed by atoms with Gasteiger partial charge in [0, 0.05) is 17.7 Å². The molecule has 2 heterocycles. The van der Waals surface area contributed by atoms with Crippen LogP contribution in [0, 0.1) is 11.3 Å². The highest BCUT2D eigenvalue weighted by molar-refractivity contribution is 6.11. The first-order chi connectivity index (χ1) is 12.4. The van der Waals surface area contributed by atoms with Gasteiger partial charge in [0.1, 0.15) is 11.6 Å². The van der Waals surface area contributed by atoms with E-state index in [2.05, 4.69) is 4.99 Å². The Balaban J connectivity index is 1.88. The molecule has 0 radical (unpaired) electrons. The molecule has 3 aliphatic rings. The maximum Gasteiger partial charge on any atom is 0.416 e. The number of alkyl halides is 3. The number of nitriles is 1. The van der Waals surface area contributed by atoms with Crippen molar-refractivity contribution in [2.24, 2.45) is 10.7 Å². The fourth-order valence-electron chi connectivity index (χ4n) is 3.39. The first-order valence-electron chi connectivity index (χ1n) is 7.80. The second kappa shape index (κ2) is 5.63. The SMILES string of the molecule is N#CC1=C(N)OC2C(=CC=C3C=CN=C32)C1c1cccc(C(F)(F)F)c1. The fourth-order valence-corrected chi connectivity index (χ4v) is 3.39. The summed E-state index contributed by atoms with van der Waals surface area (Å²) in [4.78, 5) is 4.27. The molecule has 0 spiro atoms. The molecule has 0 saturated carbocycles. The molecular weight excluding hydrogens is 343 g/mol. The van der Waals surface area contributed by atoms with Crippen molar-refractivity contribution in [2.45, 2.75) is 18.2 Å². The van der Waals surface area contributed by atoms with Crippen molar-refractivity contribution in [3.05, 3.63) is 82.4 Å². The Morgan fingerprint density at radius 3 is 2.77 bits per heavy atom. The molecule has 0 saturated heterocycles. The molecule has 2 atom stereocenters. The predicted octanol–water partition coefficient (Wildman–Crippen LogP) is 3.72. The maximum atomic E-state index is 13.1. The van der Waals surface area contributed by atoms with Crippen LogP contribution < -0.4 is 5.73 Å². The van der Waals surface area contributed by atoms with Gasteiger partial charge in [-0.25, -0.2) is 0 Å². The Labute approximate surface area is 147 Å². The topological polar surface area (TPSA) is 71.4 Å². The number of hydrogen-bond acceptors (Lipinski definition) is 4. The third-order valence-corrected chi connectivity index (χ3v) is 4.57. The van der Waals surface area contributed by atoms with E-state index < -0.39 is 23.8 Å². The van der Waals surface area contributed by atoms with E-state index in [0.717, 1.165) is 17.7 Å². The lowest BCUT2D eigenvalue weighted by Crippen LogP contribution is -2.37. The second-order valence-electron chi connectivity index (χ2n) is 6.06. The standard InChI is InChI=1S/C19H12F3N3O/c20-19(21,22)12-3-1-2-11(8-12)15-13-5-4-10-6-7-25-16(10)17(13)26-18(24)14(15)9-23/h1-8,15,17H,24H2. The average molecular weight is 355 g/mol. The minimum absolute atomic E-state index is 0.0899. The lowest BCUT2D eigenvalue weighted by Gasteiger charge is -2.35. The molecule has 1 aromatic carbocycles. The zero-order valence-corrected chi connectivity index (χ0v) is 13.3. The van der Waals surface area contributed by atoms with Crippen LogP contribution in [0.5, 0.6) is 0 Å². The molecule has 0 amide bonds. The molecule has 4 rings (SSSR count). The summed E-state index contributed by atoms with van der Waals surface area (Å²) in [5, 5.41) is 9.52. The number of halogens is 3. The number of nitrogens with zero attached hydrogens (tertiary/aromatic N) is 2. The maximum absolute atomic E-state index is 13.1. The molecule has 0 fully saturated rings. The van der Waals surface area contributed by atoms with Gasteiger partial charge in [-0.3, -0.25) is 4.99 Å². The molecule has 26 heavy (non-hydrogen) atoms. The summed E-state index contributed by atoms with van der Waals surface area (Å²) in [5.41, 5.74) is 7.71. The molecule has 2 unspecified atom stereocenters.